The summed E-state index contributed by atoms with van der Waals surface area (Å²) in [6.07, 6.45) is -3.17. The Balaban J connectivity index is 1.66. The van der Waals surface area contributed by atoms with Crippen LogP contribution >= 0.6 is 0 Å². The van der Waals surface area contributed by atoms with Crippen LogP contribution in [0.1, 0.15) is 24.8 Å². The minimum atomic E-state index is -4.44. The van der Waals surface area contributed by atoms with Gasteiger partial charge in [0.15, 0.2) is 0 Å². The Bertz CT molecular complexity index is 560. The Kier molecular flexibility index (Phi) is 7.07. The standard InChI is InChI=1S/C17H23F3N2O3/c18-17(19,20)13-2-1-3-15(8-13)25-11-14(23)10-22-16(24)5-4-12-6-7-21-9-12/h1-3,8,12,14,21,23H,4-7,9-11H2,(H,22,24). The van der Waals surface area contributed by atoms with Gasteiger partial charge in [0.05, 0.1) is 5.56 Å². The molecule has 5 nitrogen and oxygen atoms in total. The predicted molar refractivity (Wildman–Crippen MR) is 86.2 cm³/mol. The molecule has 0 bridgehead atoms. The van der Waals surface area contributed by atoms with E-state index in [-0.39, 0.29) is 24.8 Å². The van der Waals surface area contributed by atoms with Crippen LogP contribution in [0.25, 0.3) is 0 Å². The summed E-state index contributed by atoms with van der Waals surface area (Å²) in [6.45, 7) is 1.72. The van der Waals surface area contributed by atoms with E-state index in [4.69, 9.17) is 4.74 Å². The second-order valence-electron chi connectivity index (χ2n) is 6.19. The average Bonchev–Trinajstić information content (AvgIpc) is 3.09. The number of halogens is 3. The molecule has 140 valence electrons. The molecule has 2 rings (SSSR count). The Morgan fingerprint density at radius 2 is 2.24 bits per heavy atom. The lowest BCUT2D eigenvalue weighted by atomic mass is 10.0. The second kappa shape index (κ2) is 9.05. The van der Waals surface area contributed by atoms with Crippen molar-refractivity contribution in [3.63, 3.8) is 0 Å². The smallest absolute Gasteiger partial charge is 0.416 e. The van der Waals surface area contributed by atoms with Crippen molar-refractivity contribution in [1.82, 2.24) is 10.6 Å². The van der Waals surface area contributed by atoms with Gasteiger partial charge < -0.3 is 20.5 Å². The van der Waals surface area contributed by atoms with Crippen LogP contribution in [0.5, 0.6) is 5.75 Å². The second-order valence-corrected chi connectivity index (χ2v) is 6.19. The number of aliphatic hydroxyl groups is 1. The molecule has 1 fully saturated rings. The summed E-state index contributed by atoms with van der Waals surface area (Å²) in [6, 6.07) is 4.45. The number of carbonyl (C=O) groups is 1. The summed E-state index contributed by atoms with van der Waals surface area (Å²) >= 11 is 0. The Morgan fingerprint density at radius 1 is 1.44 bits per heavy atom. The molecule has 0 radical (unpaired) electrons. The molecule has 1 aromatic rings. The highest BCUT2D eigenvalue weighted by Gasteiger charge is 2.30. The number of hydrogen-bond acceptors (Lipinski definition) is 4. The van der Waals surface area contributed by atoms with E-state index in [2.05, 4.69) is 10.6 Å². The molecule has 0 saturated carbocycles. The number of nitrogens with one attached hydrogen (secondary N) is 2. The summed E-state index contributed by atoms with van der Waals surface area (Å²) < 4.78 is 43.0. The first-order valence-electron chi connectivity index (χ1n) is 8.30. The lowest BCUT2D eigenvalue weighted by Gasteiger charge is -2.15. The third-order valence-corrected chi connectivity index (χ3v) is 4.08. The highest BCUT2D eigenvalue weighted by Crippen LogP contribution is 2.31. The van der Waals surface area contributed by atoms with Crippen LogP contribution in [-0.4, -0.2) is 43.4 Å². The van der Waals surface area contributed by atoms with Gasteiger partial charge >= 0.3 is 6.18 Å². The van der Waals surface area contributed by atoms with Crippen molar-refractivity contribution in [3.05, 3.63) is 29.8 Å². The van der Waals surface area contributed by atoms with Crippen LogP contribution in [0.3, 0.4) is 0 Å². The van der Waals surface area contributed by atoms with Crippen LogP contribution in [0.2, 0.25) is 0 Å². The van der Waals surface area contributed by atoms with Crippen molar-refractivity contribution in [2.45, 2.75) is 31.5 Å². The summed E-state index contributed by atoms with van der Waals surface area (Å²) in [7, 11) is 0. The summed E-state index contributed by atoms with van der Waals surface area (Å²) in [5, 5.41) is 15.6. The van der Waals surface area contributed by atoms with Crippen LogP contribution in [0.4, 0.5) is 13.2 Å². The van der Waals surface area contributed by atoms with Crippen LogP contribution in [-0.2, 0) is 11.0 Å². The van der Waals surface area contributed by atoms with Gasteiger partial charge in [-0.1, -0.05) is 6.07 Å². The van der Waals surface area contributed by atoms with Gasteiger partial charge in [-0.15, -0.1) is 0 Å². The van der Waals surface area contributed by atoms with E-state index in [1.807, 2.05) is 0 Å². The highest BCUT2D eigenvalue weighted by atomic mass is 19.4. The molecule has 1 amide bonds. The number of amides is 1. The minimum absolute atomic E-state index is 0.000706. The van der Waals surface area contributed by atoms with Gasteiger partial charge in [-0.05, 0) is 50.0 Å². The van der Waals surface area contributed by atoms with E-state index >= 15 is 0 Å². The third-order valence-electron chi connectivity index (χ3n) is 4.08. The molecule has 8 heteroatoms. The number of rotatable bonds is 8. The lowest BCUT2D eigenvalue weighted by molar-refractivity contribution is -0.137. The zero-order valence-corrected chi connectivity index (χ0v) is 13.8. The van der Waals surface area contributed by atoms with Crippen LogP contribution in [0, 0.1) is 5.92 Å². The number of ether oxygens (including phenoxy) is 1. The van der Waals surface area contributed by atoms with Crippen LogP contribution in [0.15, 0.2) is 24.3 Å². The lowest BCUT2D eigenvalue weighted by Crippen LogP contribution is -2.35. The molecular weight excluding hydrogens is 337 g/mol. The SMILES string of the molecule is O=C(CCC1CCNC1)NCC(O)COc1cccc(C(F)(F)F)c1. The quantitative estimate of drug-likeness (QED) is 0.663. The average molecular weight is 360 g/mol. The molecule has 0 aliphatic carbocycles. The first-order chi connectivity index (χ1) is 11.8. The van der Waals surface area contributed by atoms with Crippen molar-refractivity contribution >= 4 is 5.91 Å². The van der Waals surface area contributed by atoms with E-state index in [1.165, 1.54) is 12.1 Å². The molecule has 0 spiro atoms. The van der Waals surface area contributed by atoms with Crippen LogP contribution < -0.4 is 15.4 Å². The van der Waals surface area contributed by atoms with Gasteiger partial charge in [0.2, 0.25) is 5.91 Å². The summed E-state index contributed by atoms with van der Waals surface area (Å²) in [5.41, 5.74) is -0.811. The molecule has 1 aliphatic heterocycles. The summed E-state index contributed by atoms with van der Waals surface area (Å²) in [4.78, 5) is 11.7. The van der Waals surface area contributed by atoms with Crippen molar-refractivity contribution < 1.29 is 27.8 Å². The van der Waals surface area contributed by atoms with Gasteiger partial charge in [-0.3, -0.25) is 4.79 Å². The Hall–Kier alpha value is -1.80. The molecule has 1 saturated heterocycles. The molecule has 0 aromatic heterocycles. The van der Waals surface area contributed by atoms with Crippen molar-refractivity contribution in [2.24, 2.45) is 5.92 Å². The Morgan fingerprint density at radius 3 is 2.92 bits per heavy atom. The van der Waals surface area contributed by atoms with Gasteiger partial charge in [0.1, 0.15) is 18.5 Å². The first kappa shape index (κ1) is 19.5. The molecule has 2 unspecified atom stereocenters. The fourth-order valence-corrected chi connectivity index (χ4v) is 2.63. The van der Waals surface area contributed by atoms with Gasteiger partial charge in [0.25, 0.3) is 0 Å². The molecule has 1 aromatic carbocycles. The third kappa shape index (κ3) is 6.91. The van der Waals surface area contributed by atoms with E-state index < -0.39 is 17.8 Å². The van der Waals surface area contributed by atoms with Crippen molar-refractivity contribution in [2.75, 3.05) is 26.2 Å². The number of benzene rings is 1. The van der Waals surface area contributed by atoms with Crippen molar-refractivity contribution in [1.29, 1.82) is 0 Å². The minimum Gasteiger partial charge on any atom is -0.491 e. The monoisotopic (exact) mass is 360 g/mol. The Labute approximate surface area is 144 Å². The molecule has 25 heavy (non-hydrogen) atoms. The molecule has 1 heterocycles. The molecular formula is C17H23F3N2O3. The zero-order chi connectivity index (χ0) is 18.3. The number of aliphatic hydroxyl groups excluding tert-OH is 1. The normalized spacial score (nSPS) is 18.8. The molecule has 1 aliphatic rings. The van der Waals surface area contributed by atoms with Gasteiger partial charge in [-0.2, -0.15) is 13.2 Å². The number of carbonyl (C=O) groups excluding carboxylic acids is 1. The fourth-order valence-electron chi connectivity index (χ4n) is 2.63. The van der Waals surface area contributed by atoms with E-state index in [9.17, 15) is 23.1 Å². The number of hydrogen-bond donors (Lipinski definition) is 3. The van der Waals surface area contributed by atoms with E-state index in [0.717, 1.165) is 38.1 Å². The van der Waals surface area contributed by atoms with Gasteiger partial charge in [0, 0.05) is 13.0 Å². The van der Waals surface area contributed by atoms with E-state index in [1.54, 1.807) is 0 Å². The molecule has 2 atom stereocenters. The number of alkyl halides is 3. The van der Waals surface area contributed by atoms with Crippen molar-refractivity contribution in [3.8, 4) is 5.75 Å². The summed E-state index contributed by atoms with van der Waals surface area (Å²) in [5.74, 6) is 0.388. The topological polar surface area (TPSA) is 70.6 Å². The maximum Gasteiger partial charge on any atom is 0.416 e. The fraction of sp³-hybridized carbons (Fsp3) is 0.588. The maximum atomic E-state index is 12.6. The first-order valence-corrected chi connectivity index (χ1v) is 8.30. The highest BCUT2D eigenvalue weighted by molar-refractivity contribution is 5.75. The van der Waals surface area contributed by atoms with E-state index in [0.29, 0.717) is 12.3 Å². The largest absolute Gasteiger partial charge is 0.491 e. The van der Waals surface area contributed by atoms with Gasteiger partial charge in [-0.25, -0.2) is 0 Å². The predicted octanol–water partition coefficient (Wildman–Crippen LogP) is 1.95. The maximum absolute atomic E-state index is 12.6. The molecule has 3 N–H and O–H groups in total. The zero-order valence-electron chi connectivity index (χ0n) is 13.8.